The number of hydrogen-bond donors (Lipinski definition) is 0. The molecule has 74 valence electrons. The molecule has 0 spiro atoms. The van der Waals surface area contributed by atoms with Crippen LogP contribution in [0.25, 0.3) is 10.8 Å². The molecule has 0 saturated carbocycles. The number of carbonyl (C=O) groups excluding carboxylic acids is 1. The van der Waals surface area contributed by atoms with Crippen LogP contribution >= 0.6 is 22.6 Å². The van der Waals surface area contributed by atoms with Crippen molar-refractivity contribution in [3.8, 4) is 0 Å². The molecule has 2 nitrogen and oxygen atoms in total. The molecule has 0 radical (unpaired) electrons. The molecule has 3 rings (SSSR count). The van der Waals surface area contributed by atoms with Crippen LogP contribution in [0.2, 0.25) is 0 Å². The van der Waals surface area contributed by atoms with Gasteiger partial charge in [0.25, 0.3) is 5.91 Å². The predicted octanol–water partition coefficient (Wildman–Crippen LogP) is 3.03. The van der Waals surface area contributed by atoms with Crippen LogP contribution in [0.4, 0.5) is 5.69 Å². The summed E-state index contributed by atoms with van der Waals surface area (Å²) in [6.07, 6.45) is 0. The molecular weight excluding hydrogens is 301 g/mol. The minimum atomic E-state index is 0.0950. The Morgan fingerprint density at radius 2 is 2.00 bits per heavy atom. The first-order chi connectivity index (χ1) is 7.20. The highest BCUT2D eigenvalue weighted by Gasteiger charge is 2.26. The highest BCUT2D eigenvalue weighted by molar-refractivity contribution is 14.1. The lowest BCUT2D eigenvalue weighted by Crippen LogP contribution is -2.20. The van der Waals surface area contributed by atoms with E-state index in [1.54, 1.807) is 4.90 Å². The monoisotopic (exact) mass is 309 g/mol. The Labute approximate surface area is 101 Å². The van der Waals surface area contributed by atoms with Crippen molar-refractivity contribution in [2.75, 3.05) is 11.9 Å². The quantitative estimate of drug-likeness (QED) is 0.685. The van der Waals surface area contributed by atoms with Crippen molar-refractivity contribution in [2.45, 2.75) is 0 Å². The Kier molecular flexibility index (Phi) is 1.80. The van der Waals surface area contributed by atoms with Gasteiger partial charge < -0.3 is 4.90 Å². The fourth-order valence-corrected chi connectivity index (χ4v) is 2.73. The lowest BCUT2D eigenvalue weighted by molar-refractivity contribution is 0.0999. The molecule has 15 heavy (non-hydrogen) atoms. The van der Waals surface area contributed by atoms with Gasteiger partial charge in [-0.2, -0.15) is 0 Å². The Hall–Kier alpha value is -1.10. The van der Waals surface area contributed by atoms with Crippen molar-refractivity contribution in [1.29, 1.82) is 0 Å². The van der Waals surface area contributed by atoms with E-state index in [4.69, 9.17) is 0 Å². The number of carbonyl (C=O) groups is 1. The minimum absolute atomic E-state index is 0.0950. The molecule has 0 aliphatic carbocycles. The molecule has 0 saturated heterocycles. The zero-order chi connectivity index (χ0) is 10.6. The topological polar surface area (TPSA) is 20.3 Å². The van der Waals surface area contributed by atoms with Gasteiger partial charge in [0.2, 0.25) is 0 Å². The molecule has 0 bridgehead atoms. The second-order valence-corrected chi connectivity index (χ2v) is 4.82. The number of benzene rings is 2. The molecule has 1 amide bonds. The number of nitrogens with zero attached hydrogens (tertiary/aromatic N) is 1. The van der Waals surface area contributed by atoms with Gasteiger partial charge in [0.15, 0.2) is 0 Å². The standard InChI is InChI=1S/C12H8INO/c1-14-10-6-5-9(13)7-3-2-4-8(11(7)10)12(14)15/h2-6H,1H3. The van der Waals surface area contributed by atoms with E-state index >= 15 is 0 Å². The summed E-state index contributed by atoms with van der Waals surface area (Å²) in [5.41, 5.74) is 1.84. The maximum atomic E-state index is 11.9. The SMILES string of the molecule is CN1C(=O)c2cccc3c(I)ccc1c23. The Morgan fingerprint density at radius 1 is 1.20 bits per heavy atom. The molecule has 2 aromatic carbocycles. The summed E-state index contributed by atoms with van der Waals surface area (Å²) in [6, 6.07) is 9.97. The zero-order valence-corrected chi connectivity index (χ0v) is 10.3. The highest BCUT2D eigenvalue weighted by atomic mass is 127. The van der Waals surface area contributed by atoms with Crippen molar-refractivity contribution in [2.24, 2.45) is 0 Å². The summed E-state index contributed by atoms with van der Waals surface area (Å²) in [4.78, 5) is 13.6. The highest BCUT2D eigenvalue weighted by Crippen LogP contribution is 2.38. The van der Waals surface area contributed by atoms with E-state index in [1.807, 2.05) is 25.2 Å². The van der Waals surface area contributed by atoms with E-state index in [-0.39, 0.29) is 5.91 Å². The predicted molar refractivity (Wildman–Crippen MR) is 69.4 cm³/mol. The molecule has 0 atom stereocenters. The second kappa shape index (κ2) is 2.95. The molecule has 1 aliphatic heterocycles. The lowest BCUT2D eigenvalue weighted by Gasteiger charge is -2.09. The zero-order valence-electron chi connectivity index (χ0n) is 8.12. The third kappa shape index (κ3) is 1.07. The van der Waals surface area contributed by atoms with E-state index in [1.165, 1.54) is 8.96 Å². The summed E-state index contributed by atoms with van der Waals surface area (Å²) in [7, 11) is 1.82. The van der Waals surface area contributed by atoms with Crippen LogP contribution in [0.3, 0.4) is 0 Å². The van der Waals surface area contributed by atoms with E-state index in [0.717, 1.165) is 16.6 Å². The van der Waals surface area contributed by atoms with Gasteiger partial charge in [-0.3, -0.25) is 4.79 Å². The number of hydrogen-bond acceptors (Lipinski definition) is 1. The largest absolute Gasteiger partial charge is 0.311 e. The molecule has 0 unspecified atom stereocenters. The lowest BCUT2D eigenvalue weighted by atomic mass is 10.1. The van der Waals surface area contributed by atoms with Crippen LogP contribution < -0.4 is 4.90 Å². The first-order valence-corrected chi connectivity index (χ1v) is 5.77. The Balaban J connectivity index is 2.56. The molecule has 0 aromatic heterocycles. The first-order valence-electron chi connectivity index (χ1n) is 4.69. The Bertz CT molecular complexity index is 591. The van der Waals surface area contributed by atoms with Crippen molar-refractivity contribution in [3.63, 3.8) is 0 Å². The van der Waals surface area contributed by atoms with Gasteiger partial charge in [-0.25, -0.2) is 0 Å². The minimum Gasteiger partial charge on any atom is -0.311 e. The number of amides is 1. The van der Waals surface area contributed by atoms with Crippen LogP contribution in [-0.2, 0) is 0 Å². The molecule has 0 fully saturated rings. The summed E-state index contributed by atoms with van der Waals surface area (Å²) >= 11 is 2.30. The summed E-state index contributed by atoms with van der Waals surface area (Å²) < 4.78 is 1.19. The summed E-state index contributed by atoms with van der Waals surface area (Å²) in [6.45, 7) is 0. The smallest absolute Gasteiger partial charge is 0.258 e. The van der Waals surface area contributed by atoms with Crippen LogP contribution in [0.1, 0.15) is 10.4 Å². The fourth-order valence-electron chi connectivity index (χ4n) is 2.10. The summed E-state index contributed by atoms with van der Waals surface area (Å²) in [5.74, 6) is 0.0950. The van der Waals surface area contributed by atoms with Crippen molar-refractivity contribution in [3.05, 3.63) is 39.5 Å². The van der Waals surface area contributed by atoms with Gasteiger partial charge >= 0.3 is 0 Å². The van der Waals surface area contributed by atoms with Gasteiger partial charge in [0.1, 0.15) is 0 Å². The Morgan fingerprint density at radius 3 is 2.80 bits per heavy atom. The fraction of sp³-hybridized carbons (Fsp3) is 0.0833. The van der Waals surface area contributed by atoms with E-state index in [9.17, 15) is 4.79 Å². The van der Waals surface area contributed by atoms with E-state index in [0.29, 0.717) is 0 Å². The van der Waals surface area contributed by atoms with Gasteiger partial charge in [-0.1, -0.05) is 12.1 Å². The molecule has 1 heterocycles. The molecular formula is C12H8INO. The van der Waals surface area contributed by atoms with Crippen LogP contribution in [0.15, 0.2) is 30.3 Å². The van der Waals surface area contributed by atoms with Gasteiger partial charge in [-0.15, -0.1) is 0 Å². The first kappa shape index (κ1) is 9.15. The number of rotatable bonds is 0. The maximum Gasteiger partial charge on any atom is 0.258 e. The molecule has 0 N–H and O–H groups in total. The molecule has 3 heteroatoms. The molecule has 1 aliphatic rings. The van der Waals surface area contributed by atoms with E-state index in [2.05, 4.69) is 34.7 Å². The third-order valence-electron chi connectivity index (χ3n) is 2.86. The normalized spacial score (nSPS) is 14.0. The van der Waals surface area contributed by atoms with Gasteiger partial charge in [0, 0.05) is 21.6 Å². The van der Waals surface area contributed by atoms with Crippen LogP contribution in [0, 0.1) is 3.57 Å². The van der Waals surface area contributed by atoms with Crippen LogP contribution in [0.5, 0.6) is 0 Å². The van der Waals surface area contributed by atoms with Crippen LogP contribution in [-0.4, -0.2) is 13.0 Å². The average molecular weight is 309 g/mol. The number of halogens is 1. The van der Waals surface area contributed by atoms with Gasteiger partial charge in [0.05, 0.1) is 5.69 Å². The van der Waals surface area contributed by atoms with E-state index < -0.39 is 0 Å². The van der Waals surface area contributed by atoms with Gasteiger partial charge in [-0.05, 0) is 46.2 Å². The summed E-state index contributed by atoms with van der Waals surface area (Å²) in [5, 5.41) is 2.26. The van der Waals surface area contributed by atoms with Crippen molar-refractivity contribution in [1.82, 2.24) is 0 Å². The average Bonchev–Trinajstić information content (AvgIpc) is 2.50. The second-order valence-electron chi connectivity index (χ2n) is 3.66. The maximum absolute atomic E-state index is 11.9. The van der Waals surface area contributed by atoms with Crippen molar-refractivity contribution < 1.29 is 4.79 Å². The number of anilines is 1. The van der Waals surface area contributed by atoms with Crippen molar-refractivity contribution >= 4 is 45.0 Å². The third-order valence-corrected chi connectivity index (χ3v) is 3.80. The molecule has 2 aromatic rings.